The van der Waals surface area contributed by atoms with Crippen LogP contribution in [-0.2, 0) is 23.6 Å². The van der Waals surface area contributed by atoms with Crippen molar-refractivity contribution < 1.29 is 8.42 Å². The normalized spacial score (nSPS) is 11.7. The summed E-state index contributed by atoms with van der Waals surface area (Å²) in [6, 6.07) is 1.48. The molecule has 0 bridgehead atoms. The summed E-state index contributed by atoms with van der Waals surface area (Å²) < 4.78 is 28.6. The summed E-state index contributed by atoms with van der Waals surface area (Å²) in [6.07, 6.45) is 4.30. The minimum absolute atomic E-state index is 0.0747. The molecule has 0 saturated heterocycles. The van der Waals surface area contributed by atoms with Crippen LogP contribution in [0.4, 0.5) is 0 Å². The summed E-state index contributed by atoms with van der Waals surface area (Å²) in [5.41, 5.74) is 0. The molecular formula is C9H10BrN5O2S. The van der Waals surface area contributed by atoms with Crippen molar-refractivity contribution in [3.05, 3.63) is 35.1 Å². The number of hydrogen-bond acceptors (Lipinski definition) is 5. The number of aromatic nitrogens is 4. The highest BCUT2D eigenvalue weighted by atomic mass is 79.9. The van der Waals surface area contributed by atoms with Crippen LogP contribution in [0, 0.1) is 0 Å². The first-order valence-corrected chi connectivity index (χ1v) is 7.20. The molecule has 18 heavy (non-hydrogen) atoms. The molecule has 0 unspecified atom stereocenters. The van der Waals surface area contributed by atoms with Gasteiger partial charge in [0.2, 0.25) is 10.0 Å². The number of nitrogens with zero attached hydrogens (tertiary/aromatic N) is 4. The van der Waals surface area contributed by atoms with Gasteiger partial charge in [0.05, 0.1) is 6.54 Å². The van der Waals surface area contributed by atoms with Gasteiger partial charge in [-0.15, -0.1) is 10.2 Å². The van der Waals surface area contributed by atoms with Crippen molar-refractivity contribution in [2.24, 2.45) is 7.05 Å². The predicted molar refractivity (Wildman–Crippen MR) is 67.0 cm³/mol. The minimum Gasteiger partial charge on any atom is -0.320 e. The lowest BCUT2D eigenvalue weighted by Crippen LogP contribution is -2.24. The first-order valence-electron chi connectivity index (χ1n) is 4.92. The second kappa shape index (κ2) is 5.12. The number of pyridine rings is 1. The summed E-state index contributed by atoms with van der Waals surface area (Å²) >= 11 is 3.17. The standard InChI is InChI=1S/C9H10BrN5O2S/c1-15-6-12-14-9(15)5-13-18(16,17)8-2-7(10)3-11-4-8/h2-4,6,13H,5H2,1H3. The molecule has 0 aliphatic rings. The largest absolute Gasteiger partial charge is 0.320 e. The van der Waals surface area contributed by atoms with E-state index in [9.17, 15) is 8.42 Å². The Labute approximate surface area is 112 Å². The molecule has 2 rings (SSSR count). The van der Waals surface area contributed by atoms with Crippen molar-refractivity contribution in [2.45, 2.75) is 11.4 Å². The van der Waals surface area contributed by atoms with Crippen LogP contribution in [0.5, 0.6) is 0 Å². The molecule has 2 aromatic rings. The van der Waals surface area contributed by atoms with Crippen LogP contribution in [0.25, 0.3) is 0 Å². The van der Waals surface area contributed by atoms with Crippen molar-refractivity contribution in [2.75, 3.05) is 0 Å². The van der Waals surface area contributed by atoms with E-state index in [-0.39, 0.29) is 11.4 Å². The van der Waals surface area contributed by atoms with E-state index in [1.54, 1.807) is 11.6 Å². The van der Waals surface area contributed by atoms with E-state index >= 15 is 0 Å². The van der Waals surface area contributed by atoms with E-state index in [4.69, 9.17) is 0 Å². The Morgan fingerprint density at radius 2 is 2.22 bits per heavy atom. The second-order valence-electron chi connectivity index (χ2n) is 3.52. The fourth-order valence-corrected chi connectivity index (χ4v) is 2.73. The van der Waals surface area contributed by atoms with Crippen LogP contribution in [-0.4, -0.2) is 28.2 Å². The fourth-order valence-electron chi connectivity index (χ4n) is 1.25. The Kier molecular flexibility index (Phi) is 3.73. The van der Waals surface area contributed by atoms with Crippen molar-refractivity contribution in [1.29, 1.82) is 0 Å². The highest BCUT2D eigenvalue weighted by Crippen LogP contribution is 2.14. The lowest BCUT2D eigenvalue weighted by molar-refractivity contribution is 0.577. The highest BCUT2D eigenvalue weighted by molar-refractivity contribution is 9.10. The third-order valence-electron chi connectivity index (χ3n) is 2.22. The van der Waals surface area contributed by atoms with Crippen molar-refractivity contribution >= 4 is 26.0 Å². The van der Waals surface area contributed by atoms with Crippen LogP contribution in [0.1, 0.15) is 5.82 Å². The van der Waals surface area contributed by atoms with Crippen molar-refractivity contribution in [3.8, 4) is 0 Å². The fraction of sp³-hybridized carbons (Fsp3) is 0.222. The summed E-state index contributed by atoms with van der Waals surface area (Å²) in [6.45, 7) is 0.0747. The van der Waals surface area contributed by atoms with Gasteiger partial charge in [-0.05, 0) is 22.0 Å². The Bertz CT molecular complexity index is 654. The van der Waals surface area contributed by atoms with E-state index in [0.29, 0.717) is 10.3 Å². The van der Waals surface area contributed by atoms with Gasteiger partial charge < -0.3 is 4.57 Å². The van der Waals surface area contributed by atoms with Gasteiger partial charge in [-0.3, -0.25) is 4.98 Å². The molecule has 0 radical (unpaired) electrons. The Morgan fingerprint density at radius 1 is 1.44 bits per heavy atom. The zero-order valence-corrected chi connectivity index (χ0v) is 11.8. The van der Waals surface area contributed by atoms with Crippen molar-refractivity contribution in [1.82, 2.24) is 24.5 Å². The van der Waals surface area contributed by atoms with E-state index < -0.39 is 10.0 Å². The summed E-state index contributed by atoms with van der Waals surface area (Å²) in [4.78, 5) is 3.91. The maximum absolute atomic E-state index is 12.0. The maximum atomic E-state index is 12.0. The third kappa shape index (κ3) is 2.92. The lowest BCUT2D eigenvalue weighted by Gasteiger charge is -2.06. The van der Waals surface area contributed by atoms with E-state index in [2.05, 4.69) is 35.8 Å². The van der Waals surface area contributed by atoms with Crippen LogP contribution in [0.3, 0.4) is 0 Å². The summed E-state index contributed by atoms with van der Waals surface area (Å²) in [5, 5.41) is 7.46. The van der Waals surface area contributed by atoms with Gasteiger partial charge >= 0.3 is 0 Å². The maximum Gasteiger partial charge on any atom is 0.242 e. The number of rotatable bonds is 4. The Morgan fingerprint density at radius 3 is 2.83 bits per heavy atom. The quantitative estimate of drug-likeness (QED) is 0.878. The molecule has 0 aromatic carbocycles. The van der Waals surface area contributed by atoms with Gasteiger partial charge in [0.15, 0.2) is 0 Å². The zero-order chi connectivity index (χ0) is 13.2. The van der Waals surface area contributed by atoms with Gasteiger partial charge in [0, 0.05) is 23.9 Å². The number of aryl methyl sites for hydroxylation is 1. The number of hydrogen-bond donors (Lipinski definition) is 1. The van der Waals surface area contributed by atoms with Gasteiger partial charge in [-0.2, -0.15) is 0 Å². The van der Waals surface area contributed by atoms with Crippen LogP contribution < -0.4 is 4.72 Å². The monoisotopic (exact) mass is 331 g/mol. The van der Waals surface area contributed by atoms with Crippen LogP contribution in [0.2, 0.25) is 0 Å². The molecule has 0 aliphatic carbocycles. The molecule has 0 spiro atoms. The zero-order valence-electron chi connectivity index (χ0n) is 9.41. The predicted octanol–water partition coefficient (Wildman–Crippen LogP) is 0.451. The van der Waals surface area contributed by atoms with E-state index in [0.717, 1.165) is 0 Å². The van der Waals surface area contributed by atoms with Gasteiger partial charge in [-0.1, -0.05) is 0 Å². The van der Waals surface area contributed by atoms with E-state index in [1.165, 1.54) is 24.8 Å². The second-order valence-corrected chi connectivity index (χ2v) is 6.20. The smallest absolute Gasteiger partial charge is 0.242 e. The minimum atomic E-state index is -3.60. The van der Waals surface area contributed by atoms with Gasteiger partial charge in [0.25, 0.3) is 0 Å². The molecule has 7 nitrogen and oxygen atoms in total. The summed E-state index contributed by atoms with van der Waals surface area (Å²) in [7, 11) is -1.86. The first kappa shape index (κ1) is 13.1. The van der Waals surface area contributed by atoms with Crippen LogP contribution in [0.15, 0.2) is 34.2 Å². The molecule has 0 aliphatic heterocycles. The molecule has 1 N–H and O–H groups in total. The molecule has 2 heterocycles. The topological polar surface area (TPSA) is 89.8 Å². The average Bonchev–Trinajstić information content (AvgIpc) is 2.72. The molecule has 0 fully saturated rings. The Hall–Kier alpha value is -1.32. The molecule has 9 heteroatoms. The molecular weight excluding hydrogens is 322 g/mol. The molecule has 0 atom stereocenters. The SMILES string of the molecule is Cn1cnnc1CNS(=O)(=O)c1cncc(Br)c1. The van der Waals surface area contributed by atoms with Gasteiger partial charge in [0.1, 0.15) is 17.0 Å². The number of sulfonamides is 1. The molecule has 0 amide bonds. The lowest BCUT2D eigenvalue weighted by atomic mass is 10.5. The highest BCUT2D eigenvalue weighted by Gasteiger charge is 2.15. The molecule has 0 saturated carbocycles. The number of halogens is 1. The summed E-state index contributed by atoms with van der Waals surface area (Å²) in [5.74, 6) is 0.529. The molecule has 2 aromatic heterocycles. The first-order chi connectivity index (χ1) is 8.49. The average molecular weight is 332 g/mol. The van der Waals surface area contributed by atoms with Crippen LogP contribution >= 0.6 is 15.9 Å². The molecule has 96 valence electrons. The third-order valence-corrected chi connectivity index (χ3v) is 4.02. The van der Waals surface area contributed by atoms with Crippen molar-refractivity contribution in [3.63, 3.8) is 0 Å². The van der Waals surface area contributed by atoms with Gasteiger partial charge in [-0.25, -0.2) is 13.1 Å². The number of nitrogens with one attached hydrogen (secondary N) is 1. The Balaban J connectivity index is 2.16. The van der Waals surface area contributed by atoms with E-state index in [1.807, 2.05) is 0 Å².